The van der Waals surface area contributed by atoms with E-state index in [2.05, 4.69) is 79.9 Å². The van der Waals surface area contributed by atoms with Gasteiger partial charge in [0.15, 0.2) is 6.29 Å². The van der Waals surface area contributed by atoms with E-state index in [1.165, 1.54) is 141 Å². The number of ether oxygens (including phenoxy) is 3. The maximum absolute atomic E-state index is 13.0. The van der Waals surface area contributed by atoms with Crippen molar-refractivity contribution in [2.45, 2.75) is 307 Å². The predicted molar refractivity (Wildman–Crippen MR) is 315 cm³/mol. The van der Waals surface area contributed by atoms with Crippen LogP contribution in [0.4, 0.5) is 0 Å². The van der Waals surface area contributed by atoms with Gasteiger partial charge in [-0.15, -0.1) is 0 Å². The van der Waals surface area contributed by atoms with Gasteiger partial charge in [-0.2, -0.15) is 0 Å². The summed E-state index contributed by atoms with van der Waals surface area (Å²) in [5.41, 5.74) is 0. The Hall–Kier alpha value is -2.90. The summed E-state index contributed by atoms with van der Waals surface area (Å²) in [5.74, 6) is -0.219. The van der Waals surface area contributed by atoms with Gasteiger partial charge in [-0.1, -0.05) is 215 Å². The molecule has 0 aromatic rings. The quantitative estimate of drug-likeness (QED) is 0.0195. The minimum atomic E-state index is -1.58. The highest BCUT2D eigenvalue weighted by Crippen LogP contribution is 2.23. The highest BCUT2D eigenvalue weighted by atomic mass is 16.7. The highest BCUT2D eigenvalue weighted by molar-refractivity contribution is 5.76. The molecule has 0 aromatic heterocycles. The van der Waals surface area contributed by atoms with E-state index >= 15 is 0 Å². The standard InChI is InChI=1S/C65H115NO10/c1-3-5-7-9-11-13-15-29-33-37-41-45-49-53-61(70)74-54-50-46-42-38-34-31-28-26-24-22-20-18-16-17-19-21-23-25-27-30-32-36-40-44-48-52-60(69)66-57(56-75-65-64(73)63(72)62(71)59(55-67)76-65)58(68)51-47-43-39-35-14-12-10-8-6-4-2/h6,8,13-15,17-20,35,47,51,57-59,62-65,67-68,71-73H,3-5,7,9-12,16,21-34,36-46,48-50,52-56H2,1-2H3,(H,66,69)/b8-6+,15-13-,19-17-,20-18-,35-14+,51-47+. The van der Waals surface area contributed by atoms with Crippen LogP contribution in [0.15, 0.2) is 72.9 Å². The molecule has 1 aliphatic heterocycles. The monoisotopic (exact) mass is 1070 g/mol. The zero-order valence-corrected chi connectivity index (χ0v) is 48.4. The van der Waals surface area contributed by atoms with Crippen molar-refractivity contribution < 1.29 is 49.3 Å². The molecule has 1 amide bonds. The summed E-state index contributed by atoms with van der Waals surface area (Å²) in [7, 11) is 0. The Morgan fingerprint density at radius 2 is 0.934 bits per heavy atom. The Morgan fingerprint density at radius 1 is 0.500 bits per heavy atom. The Bertz CT molecular complexity index is 1490. The van der Waals surface area contributed by atoms with Crippen LogP contribution < -0.4 is 5.32 Å². The zero-order valence-electron chi connectivity index (χ0n) is 48.4. The molecule has 0 aromatic carbocycles. The van der Waals surface area contributed by atoms with Crippen molar-refractivity contribution in [3.05, 3.63) is 72.9 Å². The largest absolute Gasteiger partial charge is 0.466 e. The molecule has 76 heavy (non-hydrogen) atoms. The minimum Gasteiger partial charge on any atom is -0.466 e. The molecule has 0 aliphatic carbocycles. The molecule has 7 atom stereocenters. The second-order valence-electron chi connectivity index (χ2n) is 21.3. The van der Waals surface area contributed by atoms with Crippen molar-refractivity contribution in [1.29, 1.82) is 0 Å². The van der Waals surface area contributed by atoms with Gasteiger partial charge in [0.05, 0.1) is 32.0 Å². The number of nitrogens with one attached hydrogen (secondary N) is 1. The summed E-state index contributed by atoms with van der Waals surface area (Å²) in [4.78, 5) is 25.0. The van der Waals surface area contributed by atoms with Gasteiger partial charge in [0.25, 0.3) is 0 Å². The first kappa shape index (κ1) is 71.1. The number of carbonyl (C=O) groups is 2. The van der Waals surface area contributed by atoms with E-state index in [-0.39, 0.29) is 18.5 Å². The van der Waals surface area contributed by atoms with E-state index in [1.807, 2.05) is 6.08 Å². The number of esters is 1. The lowest BCUT2D eigenvalue weighted by atomic mass is 9.99. The lowest BCUT2D eigenvalue weighted by Gasteiger charge is -2.40. The molecule has 440 valence electrons. The van der Waals surface area contributed by atoms with Crippen LogP contribution in [0.3, 0.4) is 0 Å². The Balaban J connectivity index is 2.02. The summed E-state index contributed by atoms with van der Waals surface area (Å²) < 4.78 is 16.7. The molecule has 1 heterocycles. The fourth-order valence-corrected chi connectivity index (χ4v) is 9.32. The van der Waals surface area contributed by atoms with Crippen molar-refractivity contribution in [1.82, 2.24) is 5.32 Å². The van der Waals surface area contributed by atoms with Gasteiger partial charge in [0, 0.05) is 12.8 Å². The summed E-state index contributed by atoms with van der Waals surface area (Å²) >= 11 is 0. The third-order valence-corrected chi connectivity index (χ3v) is 14.3. The third-order valence-electron chi connectivity index (χ3n) is 14.3. The number of hydrogen-bond acceptors (Lipinski definition) is 10. The van der Waals surface area contributed by atoms with Crippen LogP contribution in [0, 0.1) is 0 Å². The molecule has 1 saturated heterocycles. The number of amides is 1. The molecular weight excluding hydrogens is 955 g/mol. The Morgan fingerprint density at radius 3 is 1.45 bits per heavy atom. The first-order valence-electron chi connectivity index (χ1n) is 31.2. The lowest BCUT2D eigenvalue weighted by Crippen LogP contribution is -2.60. The average Bonchev–Trinajstić information content (AvgIpc) is 3.42. The normalized spacial score (nSPS) is 19.2. The number of aliphatic hydroxyl groups excluding tert-OH is 5. The molecule has 0 spiro atoms. The lowest BCUT2D eigenvalue weighted by molar-refractivity contribution is -0.302. The summed E-state index contributed by atoms with van der Waals surface area (Å²) in [6.45, 7) is 4.17. The fourth-order valence-electron chi connectivity index (χ4n) is 9.32. The van der Waals surface area contributed by atoms with Crippen LogP contribution >= 0.6 is 0 Å². The van der Waals surface area contributed by atoms with Crippen LogP contribution in [0.5, 0.6) is 0 Å². The van der Waals surface area contributed by atoms with Crippen molar-refractivity contribution in [3.63, 3.8) is 0 Å². The smallest absolute Gasteiger partial charge is 0.305 e. The molecular formula is C65H115NO10. The van der Waals surface area contributed by atoms with Gasteiger partial charge in [-0.05, 0) is 109 Å². The number of unbranched alkanes of at least 4 members (excludes halogenated alkanes) is 29. The number of rotatable bonds is 53. The van der Waals surface area contributed by atoms with Crippen LogP contribution in [-0.4, -0.2) is 100 Å². The number of carbonyl (C=O) groups excluding carboxylic acids is 2. The molecule has 1 rings (SSSR count). The maximum Gasteiger partial charge on any atom is 0.305 e. The van der Waals surface area contributed by atoms with E-state index < -0.39 is 49.5 Å². The number of allylic oxidation sites excluding steroid dienone is 11. The van der Waals surface area contributed by atoms with E-state index in [4.69, 9.17) is 14.2 Å². The van der Waals surface area contributed by atoms with E-state index in [0.717, 1.165) is 96.3 Å². The van der Waals surface area contributed by atoms with E-state index in [9.17, 15) is 35.1 Å². The average molecular weight is 1070 g/mol. The Labute approximate surface area is 464 Å². The first-order chi connectivity index (χ1) is 37.2. The molecule has 7 unspecified atom stereocenters. The maximum atomic E-state index is 13.0. The van der Waals surface area contributed by atoms with Crippen molar-refractivity contribution in [2.24, 2.45) is 0 Å². The molecule has 1 aliphatic rings. The summed E-state index contributed by atoms with van der Waals surface area (Å²) in [6.07, 6.45) is 61.7. The predicted octanol–water partition coefficient (Wildman–Crippen LogP) is 14.8. The second-order valence-corrected chi connectivity index (χ2v) is 21.3. The van der Waals surface area contributed by atoms with Crippen LogP contribution in [0.1, 0.15) is 264 Å². The van der Waals surface area contributed by atoms with Gasteiger partial charge in [0.1, 0.15) is 24.4 Å². The topological polar surface area (TPSA) is 175 Å². The molecule has 6 N–H and O–H groups in total. The van der Waals surface area contributed by atoms with E-state index in [1.54, 1.807) is 6.08 Å². The third kappa shape index (κ3) is 43.0. The fraction of sp³-hybridized carbons (Fsp3) is 0.785. The van der Waals surface area contributed by atoms with Gasteiger partial charge in [0.2, 0.25) is 5.91 Å². The molecule has 0 bridgehead atoms. The molecule has 11 nitrogen and oxygen atoms in total. The van der Waals surface area contributed by atoms with Crippen molar-refractivity contribution in [2.75, 3.05) is 19.8 Å². The number of hydrogen-bond donors (Lipinski definition) is 6. The van der Waals surface area contributed by atoms with Gasteiger partial charge < -0.3 is 45.1 Å². The van der Waals surface area contributed by atoms with Crippen molar-refractivity contribution >= 4 is 11.9 Å². The SMILES string of the molecule is CC/C=C/CC/C=C/CC/C=C/C(O)C(COC1OC(CO)C(O)C(O)C1O)NC(=O)CCCCCCCCCCC/C=C\C/C=C\CCCCCCCCCCCOC(=O)CCCCCCC/C=C\CCCCCC. The number of aliphatic hydroxyl groups is 5. The highest BCUT2D eigenvalue weighted by Gasteiger charge is 2.44. The van der Waals surface area contributed by atoms with E-state index in [0.29, 0.717) is 19.4 Å². The molecule has 1 fully saturated rings. The minimum absolute atomic E-state index is 0.0125. The molecule has 0 saturated carbocycles. The van der Waals surface area contributed by atoms with Crippen LogP contribution in [-0.2, 0) is 23.8 Å². The van der Waals surface area contributed by atoms with Crippen LogP contribution in [0.2, 0.25) is 0 Å². The second kappa shape index (κ2) is 54.1. The van der Waals surface area contributed by atoms with Crippen LogP contribution in [0.25, 0.3) is 0 Å². The van der Waals surface area contributed by atoms with Gasteiger partial charge in [-0.3, -0.25) is 9.59 Å². The molecule has 11 heteroatoms. The molecule has 0 radical (unpaired) electrons. The zero-order chi connectivity index (χ0) is 55.2. The first-order valence-corrected chi connectivity index (χ1v) is 31.2. The summed E-state index contributed by atoms with van der Waals surface area (Å²) in [5, 5.41) is 54.2. The van der Waals surface area contributed by atoms with Gasteiger partial charge in [-0.25, -0.2) is 0 Å². The van der Waals surface area contributed by atoms with Crippen molar-refractivity contribution in [3.8, 4) is 0 Å². The Kier molecular flexibility index (Phi) is 50.6. The summed E-state index contributed by atoms with van der Waals surface area (Å²) in [6, 6.07) is -0.840. The van der Waals surface area contributed by atoms with Gasteiger partial charge >= 0.3 is 5.97 Å².